The number of aromatic nitrogens is 5. The fraction of sp³-hybridized carbons (Fsp3) is 0.211. The topological polar surface area (TPSA) is 67.0 Å². The number of pyridine rings is 1. The highest BCUT2D eigenvalue weighted by Crippen LogP contribution is 2.29. The fourth-order valence-corrected chi connectivity index (χ4v) is 3.06. The average molecular weight is 349 g/mol. The summed E-state index contributed by atoms with van der Waals surface area (Å²) in [5, 5.41) is 9.72. The van der Waals surface area contributed by atoms with Gasteiger partial charge in [0.25, 0.3) is 0 Å². The highest BCUT2D eigenvalue weighted by Gasteiger charge is 2.13. The Morgan fingerprint density at radius 1 is 1.00 bits per heavy atom. The molecule has 0 bridgehead atoms. The van der Waals surface area contributed by atoms with Crippen LogP contribution in [0.3, 0.4) is 0 Å². The Balaban J connectivity index is 1.55. The van der Waals surface area contributed by atoms with E-state index < -0.39 is 0 Å². The molecular weight excluding hydrogens is 330 g/mol. The number of benzene rings is 1. The third-order valence-corrected chi connectivity index (χ3v) is 4.28. The zero-order valence-corrected chi connectivity index (χ0v) is 14.7. The molecule has 0 unspecified atom stereocenters. The smallest absolute Gasteiger partial charge is 0.184 e. The van der Waals surface area contributed by atoms with Crippen molar-refractivity contribution < 1.29 is 9.47 Å². The van der Waals surface area contributed by atoms with E-state index in [0.717, 1.165) is 11.4 Å². The molecule has 0 aliphatic carbocycles. The summed E-state index contributed by atoms with van der Waals surface area (Å²) in [6, 6.07) is 12.2. The molecule has 0 spiro atoms. The predicted octanol–water partition coefficient (Wildman–Crippen LogP) is 2.74. The molecule has 0 saturated heterocycles. The first kappa shape index (κ1) is 16.1. The summed E-state index contributed by atoms with van der Waals surface area (Å²) < 4.78 is 14.7. The van der Waals surface area contributed by atoms with Crippen LogP contribution in [0.15, 0.2) is 55.0 Å². The van der Waals surface area contributed by atoms with Crippen molar-refractivity contribution in [3.8, 4) is 11.5 Å². The van der Waals surface area contributed by atoms with Crippen molar-refractivity contribution in [1.29, 1.82) is 0 Å². The molecule has 3 heterocycles. The van der Waals surface area contributed by atoms with E-state index in [1.54, 1.807) is 31.2 Å². The highest BCUT2D eigenvalue weighted by molar-refractivity contribution is 5.79. The molecule has 0 atom stereocenters. The molecule has 3 aromatic heterocycles. The summed E-state index contributed by atoms with van der Waals surface area (Å²) in [7, 11) is 3.21. The van der Waals surface area contributed by atoms with Gasteiger partial charge in [-0.2, -0.15) is 0 Å². The van der Waals surface area contributed by atoms with E-state index in [4.69, 9.17) is 9.47 Å². The van der Waals surface area contributed by atoms with Crippen molar-refractivity contribution in [3.05, 3.63) is 66.4 Å². The van der Waals surface area contributed by atoms with Gasteiger partial charge in [-0.1, -0.05) is 23.4 Å². The van der Waals surface area contributed by atoms with E-state index in [9.17, 15) is 0 Å². The lowest BCUT2D eigenvalue weighted by molar-refractivity contribution is 0.348. The summed E-state index contributed by atoms with van der Waals surface area (Å²) >= 11 is 0. The predicted molar refractivity (Wildman–Crippen MR) is 97.5 cm³/mol. The fourth-order valence-electron chi connectivity index (χ4n) is 3.06. The first-order valence-corrected chi connectivity index (χ1v) is 8.27. The second-order valence-corrected chi connectivity index (χ2v) is 5.90. The minimum absolute atomic E-state index is 0.458. The first-order chi connectivity index (χ1) is 12.8. The van der Waals surface area contributed by atoms with Crippen LogP contribution in [-0.4, -0.2) is 38.8 Å². The maximum absolute atomic E-state index is 5.43. The van der Waals surface area contributed by atoms with Gasteiger partial charge in [-0.3, -0.25) is 4.98 Å². The molecule has 7 nitrogen and oxygen atoms in total. The van der Waals surface area contributed by atoms with Gasteiger partial charge in [0.05, 0.1) is 33.5 Å². The van der Waals surface area contributed by atoms with Crippen LogP contribution in [0.4, 0.5) is 0 Å². The number of nitrogens with zero attached hydrogens (tertiary/aromatic N) is 5. The van der Waals surface area contributed by atoms with Gasteiger partial charge >= 0.3 is 0 Å². The van der Waals surface area contributed by atoms with Gasteiger partial charge in [0.1, 0.15) is 11.4 Å². The van der Waals surface area contributed by atoms with Crippen LogP contribution in [-0.2, 0) is 13.1 Å². The Morgan fingerprint density at radius 2 is 1.88 bits per heavy atom. The molecule has 1 aromatic carbocycles. The van der Waals surface area contributed by atoms with Crippen molar-refractivity contribution in [2.24, 2.45) is 0 Å². The van der Waals surface area contributed by atoms with Crippen molar-refractivity contribution in [2.45, 2.75) is 13.1 Å². The van der Waals surface area contributed by atoms with Crippen LogP contribution in [0.2, 0.25) is 0 Å². The van der Waals surface area contributed by atoms with Gasteiger partial charge < -0.3 is 14.0 Å². The maximum Gasteiger partial charge on any atom is 0.184 e. The molecule has 0 fully saturated rings. The summed E-state index contributed by atoms with van der Waals surface area (Å²) in [6.07, 6.45) is 5.69. The molecule has 132 valence electrons. The zero-order valence-electron chi connectivity index (χ0n) is 14.7. The number of ether oxygens (including phenoxy) is 2. The minimum atomic E-state index is 0.458. The number of para-hydroxylation sites is 1. The van der Waals surface area contributed by atoms with Crippen LogP contribution in [0, 0.1) is 0 Å². The Hall–Kier alpha value is -3.35. The van der Waals surface area contributed by atoms with Crippen LogP contribution in [0.25, 0.3) is 10.9 Å². The van der Waals surface area contributed by atoms with Gasteiger partial charge in [-0.05, 0) is 17.5 Å². The van der Waals surface area contributed by atoms with Crippen molar-refractivity contribution in [3.63, 3.8) is 0 Å². The van der Waals surface area contributed by atoms with Gasteiger partial charge in [0, 0.05) is 24.0 Å². The Kier molecular flexibility index (Phi) is 4.27. The molecular formula is C19H19N5O2. The second-order valence-electron chi connectivity index (χ2n) is 5.90. The Labute approximate surface area is 150 Å². The van der Waals surface area contributed by atoms with Crippen LogP contribution >= 0.6 is 0 Å². The monoisotopic (exact) mass is 349 g/mol. The molecule has 4 rings (SSSR count). The SMILES string of the molecule is COc1ccnc(Cn2cc(Cn3ccc4ccccc43)nn2)c1OC. The summed E-state index contributed by atoms with van der Waals surface area (Å²) in [4.78, 5) is 4.38. The molecule has 0 aliphatic heterocycles. The number of rotatable bonds is 6. The first-order valence-electron chi connectivity index (χ1n) is 8.27. The Morgan fingerprint density at radius 3 is 2.73 bits per heavy atom. The third-order valence-electron chi connectivity index (χ3n) is 4.28. The van der Waals surface area contributed by atoms with E-state index in [-0.39, 0.29) is 0 Å². The van der Waals surface area contributed by atoms with E-state index in [2.05, 4.69) is 44.3 Å². The largest absolute Gasteiger partial charge is 0.493 e. The number of hydrogen-bond donors (Lipinski definition) is 0. The summed E-state index contributed by atoms with van der Waals surface area (Å²) in [6.45, 7) is 1.12. The molecule has 7 heteroatoms. The van der Waals surface area contributed by atoms with Crippen LogP contribution in [0.1, 0.15) is 11.4 Å². The highest BCUT2D eigenvalue weighted by atomic mass is 16.5. The van der Waals surface area contributed by atoms with E-state index >= 15 is 0 Å². The molecule has 0 amide bonds. The number of fused-ring (bicyclic) bond motifs is 1. The van der Waals surface area contributed by atoms with Crippen molar-refractivity contribution in [1.82, 2.24) is 24.5 Å². The Bertz CT molecular complexity index is 1040. The van der Waals surface area contributed by atoms with Gasteiger partial charge in [-0.15, -0.1) is 5.10 Å². The zero-order chi connectivity index (χ0) is 17.9. The molecule has 0 radical (unpaired) electrons. The molecule has 26 heavy (non-hydrogen) atoms. The van der Waals surface area contributed by atoms with E-state index in [0.29, 0.717) is 24.6 Å². The third kappa shape index (κ3) is 2.99. The van der Waals surface area contributed by atoms with E-state index in [1.165, 1.54) is 10.9 Å². The van der Waals surface area contributed by atoms with Crippen LogP contribution < -0.4 is 9.47 Å². The molecule has 0 N–H and O–H groups in total. The lowest BCUT2D eigenvalue weighted by atomic mass is 10.2. The van der Waals surface area contributed by atoms with E-state index in [1.807, 2.05) is 18.3 Å². The standard InChI is InChI=1S/C19H19N5O2/c1-25-18-7-9-20-16(19(18)26-2)13-24-12-15(21-22-24)11-23-10-8-14-5-3-4-6-17(14)23/h3-10,12H,11,13H2,1-2H3. The van der Waals surface area contributed by atoms with Gasteiger partial charge in [0.2, 0.25) is 0 Å². The summed E-state index contributed by atoms with van der Waals surface area (Å²) in [5.41, 5.74) is 2.81. The maximum atomic E-state index is 5.43. The van der Waals surface area contributed by atoms with Gasteiger partial charge in [0.15, 0.2) is 11.5 Å². The second kappa shape index (κ2) is 6.87. The van der Waals surface area contributed by atoms with Crippen molar-refractivity contribution in [2.75, 3.05) is 14.2 Å². The lowest BCUT2D eigenvalue weighted by Crippen LogP contribution is -2.06. The molecule has 4 aromatic rings. The lowest BCUT2D eigenvalue weighted by Gasteiger charge is -2.11. The number of hydrogen-bond acceptors (Lipinski definition) is 5. The molecule has 0 aliphatic rings. The normalized spacial score (nSPS) is 11.0. The average Bonchev–Trinajstić information content (AvgIpc) is 3.29. The summed E-state index contributed by atoms with van der Waals surface area (Å²) in [5.74, 6) is 1.26. The molecule has 0 saturated carbocycles. The van der Waals surface area contributed by atoms with Crippen LogP contribution in [0.5, 0.6) is 11.5 Å². The van der Waals surface area contributed by atoms with Gasteiger partial charge in [-0.25, -0.2) is 4.68 Å². The quantitative estimate of drug-likeness (QED) is 0.535. The number of methoxy groups -OCH3 is 2. The van der Waals surface area contributed by atoms with Crippen molar-refractivity contribution >= 4 is 10.9 Å². The minimum Gasteiger partial charge on any atom is -0.493 e.